The summed E-state index contributed by atoms with van der Waals surface area (Å²) in [5, 5.41) is 0. The second-order valence-corrected chi connectivity index (χ2v) is 2.17. The molecule has 1 fully saturated rings. The van der Waals surface area contributed by atoms with E-state index in [4.69, 9.17) is 10.5 Å². The maximum atomic E-state index is 6.89. The summed E-state index contributed by atoms with van der Waals surface area (Å²) >= 11 is 0. The van der Waals surface area contributed by atoms with Crippen LogP contribution in [-0.4, -0.2) is 19.3 Å². The van der Waals surface area contributed by atoms with Crippen LogP contribution in [0.2, 0.25) is 0 Å². The van der Waals surface area contributed by atoms with Gasteiger partial charge in [-0.25, -0.2) is 0 Å². The van der Waals surface area contributed by atoms with Crippen LogP contribution in [0, 0.1) is 0 Å². The average molecular weight is 114 g/mol. The molecular formula is C6H12NO. The molecule has 0 bridgehead atoms. The van der Waals surface area contributed by atoms with E-state index in [9.17, 15) is 0 Å². The quantitative estimate of drug-likeness (QED) is 0.523. The molecule has 47 valence electrons. The lowest BCUT2D eigenvalue weighted by atomic mass is 10.2. The number of rotatable bonds is 2. The third kappa shape index (κ3) is 1.46. The Hall–Kier alpha value is -0.0800. The number of hydrogen-bond acceptors (Lipinski definition) is 1. The second-order valence-electron chi connectivity index (χ2n) is 2.17. The zero-order chi connectivity index (χ0) is 5.82. The third-order valence-electron chi connectivity index (χ3n) is 1.49. The first-order chi connectivity index (χ1) is 3.93. The van der Waals surface area contributed by atoms with Crippen molar-refractivity contribution >= 4 is 0 Å². The molecule has 0 aromatic heterocycles. The van der Waals surface area contributed by atoms with Gasteiger partial charge in [-0.2, -0.15) is 0 Å². The summed E-state index contributed by atoms with van der Waals surface area (Å²) in [6.07, 6.45) is 3.73. The minimum Gasteiger partial charge on any atom is -0.378 e. The number of ether oxygens (including phenoxy) is 1. The molecule has 1 saturated heterocycles. The first-order valence-corrected chi connectivity index (χ1v) is 3.19. The fraction of sp³-hybridized carbons (Fsp3) is 1.00. The van der Waals surface area contributed by atoms with Crippen molar-refractivity contribution in [1.29, 1.82) is 0 Å². The van der Waals surface area contributed by atoms with Gasteiger partial charge in [0, 0.05) is 13.2 Å². The zero-order valence-electron chi connectivity index (χ0n) is 5.02. The predicted octanol–water partition coefficient (Wildman–Crippen LogP) is 0.838. The van der Waals surface area contributed by atoms with Gasteiger partial charge in [0.15, 0.2) is 0 Å². The van der Waals surface area contributed by atoms with Gasteiger partial charge < -0.3 is 4.74 Å². The summed E-state index contributed by atoms with van der Waals surface area (Å²) in [6, 6.07) is 0. The van der Waals surface area contributed by atoms with Gasteiger partial charge in [-0.05, 0) is 19.3 Å². The summed E-state index contributed by atoms with van der Waals surface area (Å²) < 4.78 is 5.27. The van der Waals surface area contributed by atoms with Gasteiger partial charge in [-0.3, -0.25) is 5.73 Å². The predicted molar refractivity (Wildman–Crippen MR) is 31.6 cm³/mol. The fourth-order valence-corrected chi connectivity index (χ4v) is 1.03. The van der Waals surface area contributed by atoms with Crippen LogP contribution < -0.4 is 5.73 Å². The third-order valence-corrected chi connectivity index (χ3v) is 1.49. The Balaban J connectivity index is 2.06. The van der Waals surface area contributed by atoms with Crippen molar-refractivity contribution in [3.8, 4) is 0 Å². The summed E-state index contributed by atoms with van der Waals surface area (Å²) in [5.41, 5.74) is 6.89. The molecule has 1 unspecified atom stereocenters. The van der Waals surface area contributed by atoms with Crippen LogP contribution in [0.1, 0.15) is 19.3 Å². The van der Waals surface area contributed by atoms with E-state index in [2.05, 4.69) is 0 Å². The Morgan fingerprint density at radius 2 is 2.50 bits per heavy atom. The average Bonchev–Trinajstić information content (AvgIpc) is 2.19. The monoisotopic (exact) mass is 114 g/mol. The maximum Gasteiger partial charge on any atom is 0.0588 e. The minimum absolute atomic E-state index is 0.424. The van der Waals surface area contributed by atoms with Crippen molar-refractivity contribution in [2.24, 2.45) is 0 Å². The number of hydrogen-bond donors (Lipinski definition) is 0. The van der Waals surface area contributed by atoms with E-state index < -0.39 is 0 Å². The van der Waals surface area contributed by atoms with Gasteiger partial charge in [0.05, 0.1) is 6.10 Å². The summed E-state index contributed by atoms with van der Waals surface area (Å²) in [6.45, 7) is 1.44. The van der Waals surface area contributed by atoms with Gasteiger partial charge in [0.2, 0.25) is 0 Å². The standard InChI is InChI=1S/C6H12NO/c7-4-3-6-2-1-5-8-6/h6-7H,1-5H2. The highest BCUT2D eigenvalue weighted by molar-refractivity contribution is 4.63. The number of nitrogens with one attached hydrogen (secondary N) is 1. The van der Waals surface area contributed by atoms with Crippen molar-refractivity contribution in [2.45, 2.75) is 25.4 Å². The van der Waals surface area contributed by atoms with Crippen LogP contribution in [0.25, 0.3) is 0 Å². The van der Waals surface area contributed by atoms with E-state index in [1.54, 1.807) is 0 Å². The van der Waals surface area contributed by atoms with E-state index in [1.165, 1.54) is 12.8 Å². The van der Waals surface area contributed by atoms with Gasteiger partial charge in [0.25, 0.3) is 0 Å². The van der Waals surface area contributed by atoms with Crippen molar-refractivity contribution in [3.05, 3.63) is 0 Å². The fourth-order valence-electron chi connectivity index (χ4n) is 1.03. The maximum absolute atomic E-state index is 6.89. The Bertz CT molecular complexity index is 59.5. The summed E-state index contributed by atoms with van der Waals surface area (Å²) in [4.78, 5) is 0. The van der Waals surface area contributed by atoms with Gasteiger partial charge in [-0.1, -0.05) is 0 Å². The van der Waals surface area contributed by atoms with E-state index in [0.717, 1.165) is 13.0 Å². The molecule has 1 aliphatic heterocycles. The molecule has 0 saturated carbocycles. The molecule has 2 nitrogen and oxygen atoms in total. The van der Waals surface area contributed by atoms with Crippen LogP contribution in [-0.2, 0) is 4.74 Å². The Kier molecular flexibility index (Phi) is 2.30. The van der Waals surface area contributed by atoms with Gasteiger partial charge in [0.1, 0.15) is 0 Å². The zero-order valence-corrected chi connectivity index (χ0v) is 5.02. The van der Waals surface area contributed by atoms with Crippen molar-refractivity contribution in [3.63, 3.8) is 0 Å². The molecule has 0 aliphatic carbocycles. The molecular weight excluding hydrogens is 102 g/mol. The van der Waals surface area contributed by atoms with Gasteiger partial charge >= 0.3 is 0 Å². The molecule has 1 N–H and O–H groups in total. The lowest BCUT2D eigenvalue weighted by Gasteiger charge is -2.04. The van der Waals surface area contributed by atoms with E-state index in [1.807, 2.05) is 0 Å². The van der Waals surface area contributed by atoms with Gasteiger partial charge in [-0.15, -0.1) is 0 Å². The Morgan fingerprint density at radius 1 is 1.62 bits per heavy atom. The van der Waals surface area contributed by atoms with Crippen LogP contribution in [0.3, 0.4) is 0 Å². The van der Waals surface area contributed by atoms with E-state index in [-0.39, 0.29) is 0 Å². The second kappa shape index (κ2) is 3.05. The topological polar surface area (TPSA) is 33.0 Å². The van der Waals surface area contributed by atoms with E-state index in [0.29, 0.717) is 12.6 Å². The molecule has 0 amide bonds. The first-order valence-electron chi connectivity index (χ1n) is 3.19. The van der Waals surface area contributed by atoms with Crippen molar-refractivity contribution < 1.29 is 4.74 Å². The molecule has 1 aliphatic rings. The van der Waals surface area contributed by atoms with Crippen LogP contribution >= 0.6 is 0 Å². The van der Waals surface area contributed by atoms with Crippen LogP contribution in [0.4, 0.5) is 0 Å². The Morgan fingerprint density at radius 3 is 3.00 bits per heavy atom. The highest BCUT2D eigenvalue weighted by Gasteiger charge is 2.13. The molecule has 0 aromatic carbocycles. The SMILES string of the molecule is [NH]CCC1CCCO1. The lowest BCUT2D eigenvalue weighted by molar-refractivity contribution is 0.106. The summed E-state index contributed by atoms with van der Waals surface area (Å²) in [7, 11) is 0. The Labute approximate surface area is 50.0 Å². The van der Waals surface area contributed by atoms with Crippen LogP contribution in [0.15, 0.2) is 0 Å². The molecule has 1 rings (SSSR count). The smallest absolute Gasteiger partial charge is 0.0588 e. The molecule has 0 aromatic rings. The molecule has 8 heavy (non-hydrogen) atoms. The van der Waals surface area contributed by atoms with E-state index >= 15 is 0 Å². The van der Waals surface area contributed by atoms with Crippen LogP contribution in [0.5, 0.6) is 0 Å². The normalized spacial score (nSPS) is 28.9. The molecule has 1 radical (unpaired) electrons. The molecule has 2 heteroatoms. The highest BCUT2D eigenvalue weighted by atomic mass is 16.5. The summed E-state index contributed by atoms with van der Waals surface area (Å²) in [5.74, 6) is 0. The molecule has 1 heterocycles. The van der Waals surface area contributed by atoms with Crippen molar-refractivity contribution in [2.75, 3.05) is 13.2 Å². The van der Waals surface area contributed by atoms with Crippen molar-refractivity contribution in [1.82, 2.24) is 5.73 Å². The molecule has 0 spiro atoms. The largest absolute Gasteiger partial charge is 0.378 e. The lowest BCUT2D eigenvalue weighted by Crippen LogP contribution is -2.06. The first kappa shape index (κ1) is 6.05. The molecule has 1 atom stereocenters. The minimum atomic E-state index is 0.424. The highest BCUT2D eigenvalue weighted by Crippen LogP contribution is 2.13.